The van der Waals surface area contributed by atoms with Crippen LogP contribution in [0.15, 0.2) is 36.5 Å². The van der Waals surface area contributed by atoms with Crippen LogP contribution in [0.25, 0.3) is 10.9 Å². The van der Waals surface area contributed by atoms with Gasteiger partial charge in [-0.15, -0.1) is 0 Å². The average molecular weight is 327 g/mol. The quantitative estimate of drug-likeness (QED) is 0.800. The third kappa shape index (κ3) is 3.08. The molecule has 24 heavy (non-hydrogen) atoms. The number of nitrogens with one attached hydrogen (secondary N) is 1. The van der Waals surface area contributed by atoms with E-state index in [-0.39, 0.29) is 11.7 Å². The molecule has 1 aromatic carbocycles. The minimum atomic E-state index is -0.283. The van der Waals surface area contributed by atoms with E-state index in [9.17, 15) is 9.18 Å². The summed E-state index contributed by atoms with van der Waals surface area (Å²) in [7, 11) is 3.22. The van der Waals surface area contributed by atoms with E-state index in [4.69, 9.17) is 4.74 Å². The number of H-pyrrole nitrogens is 1. The van der Waals surface area contributed by atoms with Gasteiger partial charge in [-0.3, -0.25) is 9.78 Å². The maximum absolute atomic E-state index is 13.3. The summed E-state index contributed by atoms with van der Waals surface area (Å²) in [5.74, 6) is -0.00664. The van der Waals surface area contributed by atoms with Crippen molar-refractivity contribution in [1.29, 1.82) is 0 Å². The second-order valence-corrected chi connectivity index (χ2v) is 5.71. The maximum atomic E-state index is 13.3. The van der Waals surface area contributed by atoms with Gasteiger partial charge >= 0.3 is 0 Å². The fourth-order valence-electron chi connectivity index (χ4n) is 2.66. The number of aromatic nitrogens is 2. The Bertz CT molecular complexity index is 904. The van der Waals surface area contributed by atoms with Gasteiger partial charge in [-0.25, -0.2) is 4.39 Å². The van der Waals surface area contributed by atoms with E-state index in [1.807, 2.05) is 13.0 Å². The molecule has 0 saturated carbocycles. The molecule has 5 nitrogen and oxygen atoms in total. The lowest BCUT2D eigenvalue weighted by Gasteiger charge is -2.18. The highest BCUT2D eigenvalue weighted by atomic mass is 19.1. The van der Waals surface area contributed by atoms with Crippen LogP contribution in [0.2, 0.25) is 0 Å². The van der Waals surface area contributed by atoms with Gasteiger partial charge in [-0.05, 0) is 37.3 Å². The molecule has 124 valence electrons. The van der Waals surface area contributed by atoms with Gasteiger partial charge in [0, 0.05) is 29.3 Å². The van der Waals surface area contributed by atoms with Gasteiger partial charge < -0.3 is 14.6 Å². The third-order valence-electron chi connectivity index (χ3n) is 3.85. The number of rotatable bonds is 4. The van der Waals surface area contributed by atoms with Crippen LogP contribution in [0.1, 0.15) is 21.7 Å². The van der Waals surface area contributed by atoms with Crippen LogP contribution in [0.3, 0.4) is 0 Å². The number of benzene rings is 1. The van der Waals surface area contributed by atoms with Gasteiger partial charge in [-0.2, -0.15) is 0 Å². The highest BCUT2D eigenvalue weighted by Crippen LogP contribution is 2.21. The molecule has 0 atom stereocenters. The molecule has 0 saturated heterocycles. The number of fused-ring (bicyclic) bond motifs is 1. The first-order valence-corrected chi connectivity index (χ1v) is 7.51. The Morgan fingerprint density at radius 2 is 2.12 bits per heavy atom. The van der Waals surface area contributed by atoms with Crippen molar-refractivity contribution in [3.63, 3.8) is 0 Å². The SMILES string of the molecule is COc1cnc(C)cc1C(=O)N(C)Cc1cc2cc(F)ccc2[nH]1. The van der Waals surface area contributed by atoms with Crippen molar-refractivity contribution in [2.75, 3.05) is 14.2 Å². The number of ether oxygens (including phenoxy) is 1. The lowest BCUT2D eigenvalue weighted by Crippen LogP contribution is -2.27. The van der Waals surface area contributed by atoms with Gasteiger partial charge in [0.05, 0.1) is 25.4 Å². The number of hydrogen-bond acceptors (Lipinski definition) is 3. The summed E-state index contributed by atoms with van der Waals surface area (Å²) in [6.07, 6.45) is 1.54. The Labute approximate surface area is 139 Å². The van der Waals surface area contributed by atoms with Crippen molar-refractivity contribution in [2.24, 2.45) is 0 Å². The fourth-order valence-corrected chi connectivity index (χ4v) is 2.66. The fraction of sp³-hybridized carbons (Fsp3) is 0.222. The minimum Gasteiger partial charge on any atom is -0.494 e. The van der Waals surface area contributed by atoms with Crippen molar-refractivity contribution in [3.8, 4) is 5.75 Å². The van der Waals surface area contributed by atoms with Gasteiger partial charge in [-0.1, -0.05) is 0 Å². The molecule has 0 aliphatic carbocycles. The molecular formula is C18H18FN3O2. The Morgan fingerprint density at radius 3 is 2.88 bits per heavy atom. The Kier molecular flexibility index (Phi) is 4.20. The summed E-state index contributed by atoms with van der Waals surface area (Å²) in [5.41, 5.74) is 2.88. The molecule has 0 unspecified atom stereocenters. The summed E-state index contributed by atoms with van der Waals surface area (Å²) < 4.78 is 18.5. The lowest BCUT2D eigenvalue weighted by molar-refractivity contribution is 0.0780. The van der Waals surface area contributed by atoms with Crippen molar-refractivity contribution >= 4 is 16.8 Å². The molecule has 2 heterocycles. The van der Waals surface area contributed by atoms with Gasteiger partial charge in [0.2, 0.25) is 0 Å². The van der Waals surface area contributed by atoms with E-state index in [0.717, 1.165) is 22.3 Å². The second kappa shape index (κ2) is 6.31. The number of aryl methyl sites for hydroxylation is 1. The molecule has 0 spiro atoms. The molecular weight excluding hydrogens is 309 g/mol. The van der Waals surface area contributed by atoms with Crippen LogP contribution in [-0.2, 0) is 6.54 Å². The number of amides is 1. The minimum absolute atomic E-state index is 0.165. The predicted octanol–water partition coefficient (Wildman–Crippen LogP) is 3.29. The van der Waals surface area contributed by atoms with E-state index in [1.165, 1.54) is 19.2 Å². The number of carbonyl (C=O) groups excluding carboxylic acids is 1. The van der Waals surface area contributed by atoms with E-state index in [2.05, 4.69) is 9.97 Å². The van der Waals surface area contributed by atoms with Crippen molar-refractivity contribution in [1.82, 2.24) is 14.9 Å². The van der Waals surface area contributed by atoms with E-state index in [1.54, 1.807) is 30.3 Å². The van der Waals surface area contributed by atoms with Crippen LogP contribution in [0, 0.1) is 12.7 Å². The van der Waals surface area contributed by atoms with Crippen molar-refractivity contribution < 1.29 is 13.9 Å². The zero-order chi connectivity index (χ0) is 17.3. The average Bonchev–Trinajstić information content (AvgIpc) is 2.95. The molecule has 2 aromatic heterocycles. The number of hydrogen-bond donors (Lipinski definition) is 1. The number of aromatic amines is 1. The molecule has 0 fully saturated rings. The lowest BCUT2D eigenvalue weighted by atomic mass is 10.2. The first-order valence-electron chi connectivity index (χ1n) is 7.51. The van der Waals surface area contributed by atoms with Gasteiger partial charge in [0.1, 0.15) is 11.6 Å². The molecule has 3 aromatic rings. The largest absolute Gasteiger partial charge is 0.494 e. The summed E-state index contributed by atoms with van der Waals surface area (Å²) >= 11 is 0. The number of carbonyl (C=O) groups is 1. The molecule has 0 bridgehead atoms. The Morgan fingerprint density at radius 1 is 1.33 bits per heavy atom. The zero-order valence-corrected chi connectivity index (χ0v) is 13.8. The number of methoxy groups -OCH3 is 1. The molecule has 0 radical (unpaired) electrons. The Balaban J connectivity index is 1.84. The van der Waals surface area contributed by atoms with Gasteiger partial charge in [0.25, 0.3) is 5.91 Å². The predicted molar refractivity (Wildman–Crippen MR) is 89.6 cm³/mol. The smallest absolute Gasteiger partial charge is 0.257 e. The van der Waals surface area contributed by atoms with E-state index in [0.29, 0.717) is 17.9 Å². The van der Waals surface area contributed by atoms with Crippen LogP contribution in [0.5, 0.6) is 5.75 Å². The normalized spacial score (nSPS) is 10.8. The number of nitrogens with zero attached hydrogens (tertiary/aromatic N) is 2. The molecule has 0 aliphatic rings. The summed E-state index contributed by atoms with van der Waals surface area (Å²) in [6.45, 7) is 2.20. The first kappa shape index (κ1) is 16.0. The zero-order valence-electron chi connectivity index (χ0n) is 13.8. The summed E-state index contributed by atoms with van der Waals surface area (Å²) in [5, 5.41) is 0.781. The molecule has 0 aliphatic heterocycles. The molecule has 3 rings (SSSR count). The summed E-state index contributed by atoms with van der Waals surface area (Å²) in [4.78, 5) is 21.6. The first-order chi connectivity index (χ1) is 11.5. The van der Waals surface area contributed by atoms with Crippen LogP contribution in [0.4, 0.5) is 4.39 Å². The van der Waals surface area contributed by atoms with E-state index >= 15 is 0 Å². The van der Waals surface area contributed by atoms with Crippen molar-refractivity contribution in [2.45, 2.75) is 13.5 Å². The second-order valence-electron chi connectivity index (χ2n) is 5.71. The topological polar surface area (TPSA) is 58.2 Å². The van der Waals surface area contributed by atoms with Crippen LogP contribution in [-0.4, -0.2) is 34.9 Å². The van der Waals surface area contributed by atoms with Crippen LogP contribution >= 0.6 is 0 Å². The highest BCUT2D eigenvalue weighted by molar-refractivity contribution is 5.96. The standard InChI is InChI=1S/C18H18FN3O2/c1-11-6-15(17(24-3)9-20-11)18(23)22(2)10-14-8-12-7-13(19)4-5-16(12)21-14/h4-9,21H,10H2,1-3H3. The molecule has 1 amide bonds. The molecule has 1 N–H and O–H groups in total. The summed E-state index contributed by atoms with van der Waals surface area (Å²) in [6, 6.07) is 8.11. The Hall–Kier alpha value is -2.89. The van der Waals surface area contributed by atoms with Gasteiger partial charge in [0.15, 0.2) is 0 Å². The maximum Gasteiger partial charge on any atom is 0.257 e. The number of halogens is 1. The van der Waals surface area contributed by atoms with E-state index < -0.39 is 0 Å². The third-order valence-corrected chi connectivity index (χ3v) is 3.85. The molecule has 6 heteroatoms. The van der Waals surface area contributed by atoms with Crippen molar-refractivity contribution in [3.05, 3.63) is 59.3 Å². The number of pyridine rings is 1. The monoisotopic (exact) mass is 327 g/mol. The van der Waals surface area contributed by atoms with Crippen LogP contribution < -0.4 is 4.74 Å². The highest BCUT2D eigenvalue weighted by Gasteiger charge is 2.18.